The Balaban J connectivity index is 3.65. The zero-order valence-electron chi connectivity index (χ0n) is 21.8. The van der Waals surface area contributed by atoms with Crippen LogP contribution in [0.2, 0.25) is 0 Å². The smallest absolute Gasteiger partial charge is 0.463 e. The normalized spacial score (nSPS) is 15.1. The van der Waals surface area contributed by atoms with E-state index in [4.69, 9.17) is 13.8 Å². The highest BCUT2D eigenvalue weighted by Gasteiger charge is 2.24. The molecule has 2 N–H and O–H groups in total. The van der Waals surface area contributed by atoms with Crippen molar-refractivity contribution < 1.29 is 37.6 Å². The van der Waals surface area contributed by atoms with Gasteiger partial charge in [0.1, 0.15) is 25.9 Å². The molecule has 0 aromatic rings. The van der Waals surface area contributed by atoms with Gasteiger partial charge in [0.05, 0.1) is 27.7 Å². The summed E-state index contributed by atoms with van der Waals surface area (Å²) >= 11 is 0. The maximum Gasteiger partial charge on any atom is 0.472 e. The van der Waals surface area contributed by atoms with Crippen LogP contribution in [-0.2, 0) is 23.1 Å². The first-order valence-electron chi connectivity index (χ1n) is 12.6. The fourth-order valence-corrected chi connectivity index (χ4v) is 3.59. The van der Waals surface area contributed by atoms with E-state index in [1.165, 1.54) is 19.3 Å². The molecule has 0 spiro atoms. The van der Waals surface area contributed by atoms with Crippen molar-refractivity contribution in [3.8, 4) is 0 Å². The van der Waals surface area contributed by atoms with E-state index in [9.17, 15) is 19.4 Å². The molecule has 0 radical (unpaired) electrons. The maximum atomic E-state index is 11.8. The van der Waals surface area contributed by atoms with E-state index in [2.05, 4.69) is 31.2 Å². The summed E-state index contributed by atoms with van der Waals surface area (Å²) in [7, 11) is 1.55. The van der Waals surface area contributed by atoms with Gasteiger partial charge in [-0.3, -0.25) is 13.8 Å². The molecule has 0 saturated carbocycles. The predicted octanol–water partition coefficient (Wildman–Crippen LogP) is 5.15. The molecule has 0 saturated heterocycles. The lowest BCUT2D eigenvalue weighted by Gasteiger charge is -2.24. The average Bonchev–Trinajstić information content (AvgIpc) is 2.75. The summed E-state index contributed by atoms with van der Waals surface area (Å²) < 4.78 is 27.0. The van der Waals surface area contributed by atoms with Crippen LogP contribution in [0.1, 0.15) is 77.6 Å². The van der Waals surface area contributed by atoms with Gasteiger partial charge in [-0.25, -0.2) is 4.57 Å². The number of allylic oxidation sites excluding steroid dienone is 4. The molecule has 0 aliphatic rings. The molecule has 0 aliphatic heterocycles. The van der Waals surface area contributed by atoms with Crippen LogP contribution in [-0.4, -0.2) is 74.1 Å². The van der Waals surface area contributed by atoms with Crippen LogP contribution in [0.25, 0.3) is 0 Å². The first-order valence-corrected chi connectivity index (χ1v) is 14.1. The van der Waals surface area contributed by atoms with Gasteiger partial charge in [0.15, 0.2) is 0 Å². The molecule has 0 bridgehead atoms. The predicted molar refractivity (Wildman–Crippen MR) is 136 cm³/mol. The van der Waals surface area contributed by atoms with Crippen molar-refractivity contribution in [3.05, 3.63) is 24.3 Å². The Kier molecular flexibility index (Phi) is 19.6. The zero-order chi connectivity index (χ0) is 25.7. The van der Waals surface area contributed by atoms with Crippen LogP contribution >= 0.6 is 7.82 Å². The van der Waals surface area contributed by atoms with Gasteiger partial charge >= 0.3 is 13.8 Å². The molecule has 1 unspecified atom stereocenters. The number of carbonyl (C=O) groups excluding carboxylic acids is 1. The van der Waals surface area contributed by atoms with Crippen molar-refractivity contribution in [2.75, 3.05) is 47.5 Å². The van der Waals surface area contributed by atoms with Crippen molar-refractivity contribution >= 4 is 13.8 Å². The van der Waals surface area contributed by atoms with Crippen molar-refractivity contribution in [3.63, 3.8) is 0 Å². The molecule has 0 aromatic carbocycles. The van der Waals surface area contributed by atoms with Crippen LogP contribution in [0.15, 0.2) is 24.3 Å². The summed E-state index contributed by atoms with van der Waals surface area (Å²) in [6.45, 7) is 2.06. The number of phosphoric ester groups is 1. The number of rotatable bonds is 22. The Morgan fingerprint density at radius 3 is 2.18 bits per heavy atom. The SMILES string of the molecule is CCCC/C=C/C/C=C/CCCCCCCC(=O)OC[C@@H](O)COP(=O)(O)OCC[N+](C)(C)C. The summed E-state index contributed by atoms with van der Waals surface area (Å²) in [5.74, 6) is -0.389. The standard InChI is InChI=1S/C25H48NO7P/c1-5-6-7-8-9-10-11-12-13-14-15-16-17-18-19-25(28)31-22-24(27)23-33-34(29,30)32-21-20-26(2,3)4/h8-9,11-12,24,27H,5-7,10,13-23H2,1-4H3/p+1/b9-8+,12-11+/t24-/m1/s1. The van der Waals surface area contributed by atoms with E-state index in [0.717, 1.165) is 44.9 Å². The van der Waals surface area contributed by atoms with Gasteiger partial charge in [-0.1, -0.05) is 63.3 Å². The quantitative estimate of drug-likeness (QED) is 0.0688. The number of phosphoric acid groups is 1. The van der Waals surface area contributed by atoms with Crippen molar-refractivity contribution in [2.24, 2.45) is 0 Å². The molecule has 0 rings (SSSR count). The Morgan fingerprint density at radius 1 is 0.912 bits per heavy atom. The lowest BCUT2D eigenvalue weighted by Crippen LogP contribution is -2.37. The Labute approximate surface area is 207 Å². The fraction of sp³-hybridized carbons (Fsp3) is 0.800. The van der Waals surface area contributed by atoms with Crippen LogP contribution in [0, 0.1) is 0 Å². The molecule has 34 heavy (non-hydrogen) atoms. The topological polar surface area (TPSA) is 102 Å². The summed E-state index contributed by atoms with van der Waals surface area (Å²) in [5.41, 5.74) is 0. The van der Waals surface area contributed by atoms with Crippen molar-refractivity contribution in [1.82, 2.24) is 0 Å². The molecule has 0 amide bonds. The number of ether oxygens (including phenoxy) is 1. The van der Waals surface area contributed by atoms with E-state index < -0.39 is 20.5 Å². The number of quaternary nitrogens is 1. The van der Waals surface area contributed by atoms with Gasteiger partial charge in [0.2, 0.25) is 0 Å². The molecular weight excluding hydrogens is 457 g/mol. The van der Waals surface area contributed by atoms with Gasteiger partial charge in [-0.15, -0.1) is 0 Å². The van der Waals surface area contributed by atoms with Gasteiger partial charge in [-0.05, 0) is 32.1 Å². The maximum absolute atomic E-state index is 11.8. The highest BCUT2D eigenvalue weighted by atomic mass is 31.2. The van der Waals surface area contributed by atoms with Gasteiger partial charge in [0.25, 0.3) is 0 Å². The van der Waals surface area contributed by atoms with Crippen molar-refractivity contribution in [2.45, 2.75) is 83.7 Å². The van der Waals surface area contributed by atoms with Crippen LogP contribution in [0.3, 0.4) is 0 Å². The van der Waals surface area contributed by atoms with Crippen LogP contribution in [0.5, 0.6) is 0 Å². The van der Waals surface area contributed by atoms with Gasteiger partial charge < -0.3 is 19.2 Å². The number of unbranched alkanes of at least 4 members (excludes halogenated alkanes) is 7. The Hall–Kier alpha value is -1.02. The van der Waals surface area contributed by atoms with E-state index in [-0.39, 0.29) is 19.2 Å². The van der Waals surface area contributed by atoms with E-state index in [0.29, 0.717) is 17.4 Å². The third-order valence-corrected chi connectivity index (χ3v) is 5.95. The third-order valence-electron chi connectivity index (χ3n) is 4.96. The minimum absolute atomic E-state index is 0.0514. The minimum atomic E-state index is -4.24. The average molecular weight is 507 g/mol. The third kappa shape index (κ3) is 24.1. The summed E-state index contributed by atoms with van der Waals surface area (Å²) in [5, 5.41) is 9.81. The molecule has 0 heterocycles. The summed E-state index contributed by atoms with van der Waals surface area (Å²) in [4.78, 5) is 21.4. The molecule has 0 aliphatic carbocycles. The lowest BCUT2D eigenvalue weighted by atomic mass is 10.1. The minimum Gasteiger partial charge on any atom is -0.463 e. The highest BCUT2D eigenvalue weighted by Crippen LogP contribution is 2.43. The lowest BCUT2D eigenvalue weighted by molar-refractivity contribution is -0.870. The molecule has 0 fully saturated rings. The molecule has 2 atom stereocenters. The van der Waals surface area contributed by atoms with Crippen molar-refractivity contribution in [1.29, 1.82) is 0 Å². The first-order chi connectivity index (χ1) is 16.1. The Bertz CT molecular complexity index is 617. The van der Waals surface area contributed by atoms with Crippen LogP contribution in [0.4, 0.5) is 0 Å². The second-order valence-corrected chi connectivity index (χ2v) is 11.0. The highest BCUT2D eigenvalue weighted by molar-refractivity contribution is 7.47. The molecule has 0 aromatic heterocycles. The molecule has 8 nitrogen and oxygen atoms in total. The zero-order valence-corrected chi connectivity index (χ0v) is 22.7. The van der Waals surface area contributed by atoms with E-state index in [1.54, 1.807) is 0 Å². The largest absolute Gasteiger partial charge is 0.472 e. The molecule has 200 valence electrons. The molecule has 9 heteroatoms. The number of hydrogen-bond acceptors (Lipinski definition) is 6. The number of likely N-dealkylation sites (N-methyl/N-ethyl adjacent to an activating group) is 1. The second kappa shape index (κ2) is 20.2. The Morgan fingerprint density at radius 2 is 1.53 bits per heavy atom. The van der Waals surface area contributed by atoms with Gasteiger partial charge in [-0.2, -0.15) is 0 Å². The number of aliphatic hydroxyl groups excluding tert-OH is 1. The second-order valence-electron chi connectivity index (χ2n) is 9.58. The van der Waals surface area contributed by atoms with E-state index in [1.807, 2.05) is 21.1 Å². The van der Waals surface area contributed by atoms with Gasteiger partial charge in [0, 0.05) is 6.42 Å². The number of carbonyl (C=O) groups is 1. The van der Waals surface area contributed by atoms with E-state index >= 15 is 0 Å². The number of aliphatic hydroxyl groups is 1. The monoisotopic (exact) mass is 506 g/mol. The first kappa shape index (κ1) is 33.0. The summed E-state index contributed by atoms with van der Waals surface area (Å²) in [6.07, 6.45) is 18.9. The van der Waals surface area contributed by atoms with Crippen LogP contribution < -0.4 is 0 Å². The number of esters is 1. The molecular formula is C25H49NO7P+. The fourth-order valence-electron chi connectivity index (χ4n) is 2.85. The summed E-state index contributed by atoms with van der Waals surface area (Å²) in [6, 6.07) is 0. The number of hydrogen-bond donors (Lipinski definition) is 2. The number of nitrogens with zero attached hydrogens (tertiary/aromatic N) is 1.